The van der Waals surface area contributed by atoms with E-state index in [-0.39, 0.29) is 10.6 Å². The van der Waals surface area contributed by atoms with Crippen LogP contribution in [0.15, 0.2) is 71.6 Å². The Hall–Kier alpha value is -3.70. The van der Waals surface area contributed by atoms with Gasteiger partial charge in [-0.1, -0.05) is 17.7 Å². The van der Waals surface area contributed by atoms with Crippen LogP contribution in [0.1, 0.15) is 11.1 Å². The summed E-state index contributed by atoms with van der Waals surface area (Å²) in [6.45, 7) is 0. The standard InChI is InChI=1S/C24H20ClF3N2O5S/c1-34-21-11-3-15(13-22(21)35-2)4-12-23(31)29-16-5-8-18(9-6-16)36(32,33)30-17-7-10-20(25)19(14-17)24(26,27)28/h3-14,30H,1-2H3,(H,29,31)/b12-4+. The summed E-state index contributed by atoms with van der Waals surface area (Å²) in [4.78, 5) is 12.0. The molecule has 12 heteroatoms. The van der Waals surface area contributed by atoms with Crippen LogP contribution in [0.25, 0.3) is 6.08 Å². The topological polar surface area (TPSA) is 93.7 Å². The zero-order chi connectivity index (χ0) is 26.5. The zero-order valence-electron chi connectivity index (χ0n) is 18.9. The predicted molar refractivity (Wildman–Crippen MR) is 131 cm³/mol. The number of amides is 1. The number of carbonyl (C=O) groups excluding carboxylic acids is 1. The third kappa shape index (κ3) is 6.70. The monoisotopic (exact) mass is 540 g/mol. The fraction of sp³-hybridized carbons (Fsp3) is 0.125. The van der Waals surface area contributed by atoms with E-state index >= 15 is 0 Å². The van der Waals surface area contributed by atoms with E-state index in [2.05, 4.69) is 10.0 Å². The Morgan fingerprint density at radius 1 is 0.917 bits per heavy atom. The first-order valence-corrected chi connectivity index (χ1v) is 12.0. The number of carbonyl (C=O) groups is 1. The van der Waals surface area contributed by atoms with Crippen molar-refractivity contribution in [3.8, 4) is 11.5 Å². The molecule has 0 aromatic heterocycles. The minimum absolute atomic E-state index is 0.218. The number of sulfonamides is 1. The molecule has 7 nitrogen and oxygen atoms in total. The molecule has 2 N–H and O–H groups in total. The highest BCUT2D eigenvalue weighted by atomic mass is 35.5. The average Bonchev–Trinajstić information content (AvgIpc) is 2.83. The molecule has 0 aliphatic heterocycles. The van der Waals surface area contributed by atoms with Gasteiger partial charge in [-0.3, -0.25) is 9.52 Å². The molecule has 0 aliphatic rings. The van der Waals surface area contributed by atoms with Crippen LogP contribution >= 0.6 is 11.6 Å². The second-order valence-electron chi connectivity index (χ2n) is 7.26. The van der Waals surface area contributed by atoms with Crippen molar-refractivity contribution in [3.05, 3.63) is 82.9 Å². The lowest BCUT2D eigenvalue weighted by molar-refractivity contribution is -0.137. The molecule has 3 aromatic carbocycles. The first-order valence-electron chi connectivity index (χ1n) is 10.1. The predicted octanol–water partition coefficient (Wildman–Crippen LogP) is 5.83. The lowest BCUT2D eigenvalue weighted by Crippen LogP contribution is -2.14. The van der Waals surface area contributed by atoms with Gasteiger partial charge < -0.3 is 14.8 Å². The van der Waals surface area contributed by atoms with Crippen LogP contribution < -0.4 is 19.5 Å². The van der Waals surface area contributed by atoms with Crippen molar-refractivity contribution in [2.24, 2.45) is 0 Å². The molecule has 0 bridgehead atoms. The summed E-state index contributed by atoms with van der Waals surface area (Å²) in [6.07, 6.45) is -1.90. The summed E-state index contributed by atoms with van der Waals surface area (Å²) in [5.74, 6) is 0.568. The van der Waals surface area contributed by atoms with Crippen LogP contribution in [0.5, 0.6) is 11.5 Å². The Morgan fingerprint density at radius 2 is 1.56 bits per heavy atom. The third-order valence-corrected chi connectivity index (χ3v) is 6.52. The largest absolute Gasteiger partial charge is 0.493 e. The Labute approximate surface area is 210 Å². The number of anilines is 2. The number of rotatable bonds is 8. The van der Waals surface area contributed by atoms with Gasteiger partial charge in [0.25, 0.3) is 10.0 Å². The minimum Gasteiger partial charge on any atom is -0.493 e. The molecule has 0 saturated heterocycles. The van der Waals surface area contributed by atoms with E-state index in [4.69, 9.17) is 21.1 Å². The molecule has 0 aliphatic carbocycles. The van der Waals surface area contributed by atoms with Gasteiger partial charge in [0.2, 0.25) is 5.91 Å². The first kappa shape index (κ1) is 26.9. The van der Waals surface area contributed by atoms with Crippen LogP contribution in [0.2, 0.25) is 5.02 Å². The molecule has 0 spiro atoms. The number of hydrogen-bond acceptors (Lipinski definition) is 5. The first-order chi connectivity index (χ1) is 16.9. The van der Waals surface area contributed by atoms with Gasteiger partial charge in [-0.2, -0.15) is 13.2 Å². The summed E-state index contributed by atoms with van der Waals surface area (Å²) in [5.41, 5.74) is -0.471. The maximum Gasteiger partial charge on any atom is 0.417 e. The Kier molecular flexibility index (Phi) is 8.16. The molecule has 0 fully saturated rings. The summed E-state index contributed by atoms with van der Waals surface area (Å²) in [5, 5.41) is 2.04. The van der Waals surface area contributed by atoms with Crippen LogP contribution in [0.3, 0.4) is 0 Å². The number of hydrogen-bond donors (Lipinski definition) is 2. The number of nitrogens with one attached hydrogen (secondary N) is 2. The van der Waals surface area contributed by atoms with E-state index in [0.29, 0.717) is 28.8 Å². The number of halogens is 4. The van der Waals surface area contributed by atoms with E-state index < -0.39 is 32.7 Å². The van der Waals surface area contributed by atoms with Gasteiger partial charge in [0, 0.05) is 17.5 Å². The van der Waals surface area contributed by atoms with Gasteiger partial charge in [0.1, 0.15) is 0 Å². The highest BCUT2D eigenvalue weighted by molar-refractivity contribution is 7.92. The van der Waals surface area contributed by atoms with Gasteiger partial charge in [-0.15, -0.1) is 0 Å². The lowest BCUT2D eigenvalue weighted by Gasteiger charge is -2.13. The summed E-state index contributed by atoms with van der Waals surface area (Å²) in [6, 6.07) is 12.9. The molecule has 1 amide bonds. The van der Waals surface area contributed by atoms with Crippen molar-refractivity contribution in [1.29, 1.82) is 0 Å². The normalized spacial score (nSPS) is 11.8. The highest BCUT2D eigenvalue weighted by Gasteiger charge is 2.33. The SMILES string of the molecule is COc1ccc(/C=C/C(=O)Nc2ccc(S(=O)(=O)Nc3ccc(Cl)c(C(F)(F)F)c3)cc2)cc1OC. The molecule has 0 saturated carbocycles. The second kappa shape index (κ2) is 10.9. The lowest BCUT2D eigenvalue weighted by atomic mass is 10.2. The molecule has 0 unspecified atom stereocenters. The average molecular weight is 541 g/mol. The van der Waals surface area contributed by atoms with Crippen molar-refractivity contribution in [2.75, 3.05) is 24.3 Å². The van der Waals surface area contributed by atoms with Crippen LogP contribution in [-0.2, 0) is 21.0 Å². The molecule has 190 valence electrons. The molecule has 0 heterocycles. The highest BCUT2D eigenvalue weighted by Crippen LogP contribution is 2.36. The van der Waals surface area contributed by atoms with Gasteiger partial charge in [0.15, 0.2) is 11.5 Å². The maximum atomic E-state index is 13.0. The quantitative estimate of drug-likeness (QED) is 0.351. The van der Waals surface area contributed by atoms with Gasteiger partial charge >= 0.3 is 6.18 Å². The molecular formula is C24H20ClF3N2O5S. The van der Waals surface area contributed by atoms with Crippen molar-refractivity contribution in [1.82, 2.24) is 0 Å². The number of benzene rings is 3. The van der Waals surface area contributed by atoms with Crippen molar-refractivity contribution < 1.29 is 35.9 Å². The molecule has 0 atom stereocenters. The molecule has 3 aromatic rings. The smallest absolute Gasteiger partial charge is 0.417 e. The van der Waals surface area contributed by atoms with Gasteiger partial charge in [0.05, 0.1) is 29.7 Å². The molecule has 3 rings (SSSR count). The maximum absolute atomic E-state index is 13.0. The molecule has 0 radical (unpaired) electrons. The number of ether oxygens (including phenoxy) is 2. The Bertz CT molecular complexity index is 1390. The van der Waals surface area contributed by atoms with E-state index in [1.165, 1.54) is 44.6 Å². The van der Waals surface area contributed by atoms with Crippen LogP contribution in [0.4, 0.5) is 24.5 Å². The molecule has 36 heavy (non-hydrogen) atoms. The van der Waals surface area contributed by atoms with E-state index in [0.717, 1.165) is 12.1 Å². The Morgan fingerprint density at radius 3 is 2.17 bits per heavy atom. The second-order valence-corrected chi connectivity index (χ2v) is 9.35. The van der Waals surface area contributed by atoms with Crippen molar-refractivity contribution >= 4 is 45.0 Å². The zero-order valence-corrected chi connectivity index (χ0v) is 20.5. The third-order valence-electron chi connectivity index (χ3n) is 4.79. The summed E-state index contributed by atoms with van der Waals surface area (Å²) >= 11 is 5.56. The van der Waals surface area contributed by atoms with E-state index in [9.17, 15) is 26.4 Å². The fourth-order valence-corrected chi connectivity index (χ4v) is 4.32. The Balaban J connectivity index is 1.68. The summed E-state index contributed by atoms with van der Waals surface area (Å²) in [7, 11) is -1.20. The number of methoxy groups -OCH3 is 2. The fourth-order valence-electron chi connectivity index (χ4n) is 3.05. The van der Waals surface area contributed by atoms with E-state index in [1.807, 2.05) is 0 Å². The molecular weight excluding hydrogens is 521 g/mol. The van der Waals surface area contributed by atoms with Gasteiger partial charge in [-0.25, -0.2) is 8.42 Å². The minimum atomic E-state index is -4.74. The van der Waals surface area contributed by atoms with E-state index in [1.54, 1.807) is 24.3 Å². The van der Waals surface area contributed by atoms with Crippen molar-refractivity contribution in [2.45, 2.75) is 11.1 Å². The van der Waals surface area contributed by atoms with Gasteiger partial charge in [-0.05, 0) is 66.2 Å². The van der Waals surface area contributed by atoms with Crippen molar-refractivity contribution in [3.63, 3.8) is 0 Å². The van der Waals surface area contributed by atoms with Crippen LogP contribution in [-0.4, -0.2) is 28.5 Å². The van der Waals surface area contributed by atoms with Crippen LogP contribution in [0, 0.1) is 0 Å². The number of alkyl halides is 3. The summed E-state index contributed by atoms with van der Waals surface area (Å²) < 4.78 is 76.8.